The average molecular weight is 469 g/mol. The van der Waals surface area contributed by atoms with Crippen LogP contribution in [0.3, 0.4) is 0 Å². The number of benzene rings is 2. The fourth-order valence-corrected chi connectivity index (χ4v) is 19.8. The molecule has 0 saturated heterocycles. The summed E-state index contributed by atoms with van der Waals surface area (Å²) in [5.74, 6) is 0.371. The van der Waals surface area contributed by atoms with Gasteiger partial charge in [-0.25, -0.2) is 0 Å². The molecule has 2 bridgehead atoms. The van der Waals surface area contributed by atoms with Gasteiger partial charge in [-0.2, -0.15) is 0 Å². The third kappa shape index (κ3) is 4.32. The van der Waals surface area contributed by atoms with E-state index in [9.17, 15) is 0 Å². The summed E-state index contributed by atoms with van der Waals surface area (Å²) in [6.45, 7) is 21.3. The van der Waals surface area contributed by atoms with Gasteiger partial charge in [0.15, 0.2) is 16.6 Å². The van der Waals surface area contributed by atoms with Crippen molar-refractivity contribution in [2.24, 2.45) is 5.41 Å². The molecule has 0 aromatic heterocycles. The third-order valence-corrected chi connectivity index (χ3v) is 16.8. The van der Waals surface area contributed by atoms with E-state index in [0.29, 0.717) is 11.5 Å². The van der Waals surface area contributed by atoms with E-state index in [1.807, 2.05) is 0 Å². The van der Waals surface area contributed by atoms with Crippen LogP contribution in [-0.2, 0) is 8.23 Å². The quantitative estimate of drug-likeness (QED) is 0.417. The summed E-state index contributed by atoms with van der Waals surface area (Å²) in [6.07, 6.45) is 1.14. The Hall–Kier alpha value is -0.989. The van der Waals surface area contributed by atoms with Crippen molar-refractivity contribution >= 4 is 25.2 Å². The average Bonchev–Trinajstić information content (AvgIpc) is 2.60. The van der Waals surface area contributed by atoms with E-state index in [4.69, 9.17) is 8.23 Å². The lowest BCUT2D eigenvalue weighted by Gasteiger charge is -2.59. The smallest absolute Gasteiger partial charge is 0.334 e. The van der Waals surface area contributed by atoms with Gasteiger partial charge in [-0.3, -0.25) is 0 Å². The fraction of sp³-hybridized carbons (Fsp3) is 0.538. The zero-order valence-electron chi connectivity index (χ0n) is 20.9. The van der Waals surface area contributed by atoms with Crippen LogP contribution in [0.5, 0.6) is 0 Å². The Morgan fingerprint density at radius 3 is 1.45 bits per heavy atom. The zero-order chi connectivity index (χ0) is 22.8. The van der Waals surface area contributed by atoms with Crippen molar-refractivity contribution in [3.63, 3.8) is 0 Å². The van der Waals surface area contributed by atoms with Gasteiger partial charge in [-0.1, -0.05) is 69.3 Å². The van der Waals surface area contributed by atoms with E-state index >= 15 is 0 Å². The summed E-state index contributed by atoms with van der Waals surface area (Å²) < 4.78 is 14.9. The molecular weight excluding hydrogens is 429 g/mol. The van der Waals surface area contributed by atoms with Crippen molar-refractivity contribution < 1.29 is 8.23 Å². The molecule has 1 unspecified atom stereocenters. The lowest BCUT2D eigenvalue weighted by Crippen LogP contribution is -2.66. The molecule has 5 heteroatoms. The van der Waals surface area contributed by atoms with E-state index in [0.717, 1.165) is 6.42 Å². The molecule has 0 amide bonds. The van der Waals surface area contributed by atoms with Crippen molar-refractivity contribution in [2.75, 3.05) is 0 Å². The van der Waals surface area contributed by atoms with Crippen molar-refractivity contribution in [1.29, 1.82) is 0 Å². The van der Waals surface area contributed by atoms with Gasteiger partial charge < -0.3 is 8.23 Å². The van der Waals surface area contributed by atoms with E-state index < -0.39 is 25.2 Å². The molecule has 2 aromatic rings. The standard InChI is InChI=1S/C26H40O2Si3/c1-26(2,3)18-23-24-19-14-10-12-16-21(19)25(22-17-13-11-15-20(22)24)31(23,27-29(4,5)6)28-30(7,8)9/h10-17,23-25H,18H2,1-9H3. The van der Waals surface area contributed by atoms with Crippen LogP contribution in [0.4, 0.5) is 0 Å². The van der Waals surface area contributed by atoms with Gasteiger partial charge in [0.1, 0.15) is 0 Å². The highest BCUT2D eigenvalue weighted by Gasteiger charge is 2.66. The Kier molecular flexibility index (Phi) is 5.62. The van der Waals surface area contributed by atoms with Gasteiger partial charge in [0, 0.05) is 11.5 Å². The van der Waals surface area contributed by atoms with E-state index in [2.05, 4.69) is 109 Å². The number of fused-ring (bicyclic) bond motifs is 1. The van der Waals surface area contributed by atoms with Crippen molar-refractivity contribution in [3.05, 3.63) is 70.8 Å². The first-order chi connectivity index (χ1) is 14.2. The molecule has 0 radical (unpaired) electrons. The minimum absolute atomic E-state index is 0.218. The molecule has 31 heavy (non-hydrogen) atoms. The highest BCUT2D eigenvalue weighted by atomic mass is 28.5. The first-order valence-electron chi connectivity index (χ1n) is 11.8. The number of rotatable bonds is 5. The maximum absolute atomic E-state index is 7.44. The largest absolute Gasteiger partial charge is 0.436 e. The summed E-state index contributed by atoms with van der Waals surface area (Å²) in [5.41, 5.74) is 6.88. The minimum Gasteiger partial charge on any atom is -0.436 e. The minimum atomic E-state index is -2.65. The second-order valence-corrected chi connectivity index (χ2v) is 25.5. The molecule has 3 aliphatic rings. The van der Waals surface area contributed by atoms with Crippen molar-refractivity contribution in [1.82, 2.24) is 0 Å². The molecule has 2 aromatic carbocycles. The number of hydrogen-bond acceptors (Lipinski definition) is 2. The molecule has 168 valence electrons. The molecule has 1 aliphatic carbocycles. The second-order valence-electron chi connectivity index (χ2n) is 12.7. The highest BCUT2D eigenvalue weighted by Crippen LogP contribution is 2.65. The Morgan fingerprint density at radius 1 is 0.710 bits per heavy atom. The summed E-state index contributed by atoms with van der Waals surface area (Å²) >= 11 is 0. The Bertz CT molecular complexity index is 902. The van der Waals surface area contributed by atoms with Gasteiger partial charge in [-0.15, -0.1) is 0 Å². The van der Waals surface area contributed by atoms with Crippen LogP contribution in [0.25, 0.3) is 0 Å². The third-order valence-electron chi connectivity index (χ3n) is 6.37. The van der Waals surface area contributed by atoms with Gasteiger partial charge in [0.25, 0.3) is 0 Å². The molecule has 2 heterocycles. The summed E-state index contributed by atoms with van der Waals surface area (Å²) in [6, 6.07) is 18.3. The maximum Gasteiger partial charge on any atom is 0.334 e. The fourth-order valence-electron chi connectivity index (χ4n) is 5.93. The molecule has 2 nitrogen and oxygen atoms in total. The summed E-state index contributed by atoms with van der Waals surface area (Å²) in [4.78, 5) is 0. The zero-order valence-corrected chi connectivity index (χ0v) is 23.9. The van der Waals surface area contributed by atoms with Crippen LogP contribution in [0.2, 0.25) is 44.8 Å². The van der Waals surface area contributed by atoms with Crippen LogP contribution in [0.1, 0.15) is 60.9 Å². The van der Waals surface area contributed by atoms with Crippen molar-refractivity contribution in [2.45, 2.75) is 83.5 Å². The van der Waals surface area contributed by atoms with Crippen LogP contribution >= 0.6 is 0 Å². The Balaban J connectivity index is 2.06. The van der Waals surface area contributed by atoms with Crippen LogP contribution in [0, 0.1) is 5.41 Å². The Morgan fingerprint density at radius 2 is 1.10 bits per heavy atom. The molecule has 0 saturated carbocycles. The SMILES string of the molecule is CC(C)(C)CC1C2c3ccccc3C(c3ccccc32)[Si]1(O[Si](C)(C)C)O[Si](C)(C)C. The molecule has 0 spiro atoms. The normalized spacial score (nSPS) is 24.6. The summed E-state index contributed by atoms with van der Waals surface area (Å²) in [7, 11) is -6.36. The van der Waals surface area contributed by atoms with Gasteiger partial charge in [0.05, 0.1) is 5.54 Å². The maximum atomic E-state index is 7.44. The lowest BCUT2D eigenvalue weighted by atomic mass is 9.72. The molecule has 0 fully saturated rings. The molecule has 5 rings (SSSR count). The lowest BCUT2D eigenvalue weighted by molar-refractivity contribution is 0.268. The molecule has 1 atom stereocenters. The first kappa shape index (κ1) is 23.2. The van der Waals surface area contributed by atoms with Crippen LogP contribution in [0.15, 0.2) is 48.5 Å². The second kappa shape index (κ2) is 7.52. The van der Waals surface area contributed by atoms with Gasteiger partial charge in [0.2, 0.25) is 0 Å². The van der Waals surface area contributed by atoms with E-state index in [1.165, 1.54) is 22.3 Å². The van der Waals surface area contributed by atoms with Crippen LogP contribution in [-0.4, -0.2) is 25.2 Å². The molecular formula is C26H40O2Si3. The monoisotopic (exact) mass is 468 g/mol. The predicted molar refractivity (Wildman–Crippen MR) is 139 cm³/mol. The van der Waals surface area contributed by atoms with E-state index in [1.54, 1.807) is 0 Å². The van der Waals surface area contributed by atoms with Gasteiger partial charge >= 0.3 is 8.56 Å². The van der Waals surface area contributed by atoms with Crippen LogP contribution < -0.4 is 0 Å². The molecule has 0 N–H and O–H groups in total. The van der Waals surface area contributed by atoms with Gasteiger partial charge in [-0.05, 0) is 73.4 Å². The molecule has 2 aliphatic heterocycles. The van der Waals surface area contributed by atoms with E-state index in [-0.39, 0.29) is 11.0 Å². The number of hydrogen-bond donors (Lipinski definition) is 0. The topological polar surface area (TPSA) is 18.5 Å². The first-order valence-corrected chi connectivity index (χ1v) is 20.6. The highest BCUT2D eigenvalue weighted by molar-refractivity contribution is 6.90. The predicted octanol–water partition coefficient (Wildman–Crippen LogP) is 7.77. The van der Waals surface area contributed by atoms with Crippen molar-refractivity contribution in [3.8, 4) is 0 Å². The Labute approximate surface area is 192 Å². The summed E-state index contributed by atoms with van der Waals surface area (Å²) in [5, 5.41) is 0.